The van der Waals surface area contributed by atoms with E-state index in [9.17, 15) is 9.59 Å². The Balaban J connectivity index is 1.58. The third kappa shape index (κ3) is 4.74. The number of rotatable bonds is 7. The molecule has 0 radical (unpaired) electrons. The van der Waals surface area contributed by atoms with Gasteiger partial charge in [-0.2, -0.15) is 0 Å². The number of aromatic amines is 1. The summed E-state index contributed by atoms with van der Waals surface area (Å²) < 4.78 is 10.3. The largest absolute Gasteiger partial charge is 0.496 e. The number of piperazine rings is 1. The molecule has 1 fully saturated rings. The Kier molecular flexibility index (Phi) is 6.95. The topological polar surface area (TPSA) is 74.9 Å². The lowest BCUT2D eigenvalue weighted by atomic mass is 10.1. The van der Waals surface area contributed by atoms with Crippen molar-refractivity contribution in [3.05, 3.63) is 51.8 Å². The van der Waals surface area contributed by atoms with Gasteiger partial charge in [-0.1, -0.05) is 17.7 Å². The number of aromatic nitrogens is 1. The molecule has 2 aromatic rings. The molecule has 1 aromatic carbocycles. The molecule has 1 aliphatic rings. The van der Waals surface area contributed by atoms with Crippen LogP contribution in [0, 0.1) is 20.8 Å². The summed E-state index contributed by atoms with van der Waals surface area (Å²) in [5, 5.41) is 0. The summed E-state index contributed by atoms with van der Waals surface area (Å²) in [7, 11) is 3.05. The van der Waals surface area contributed by atoms with Crippen molar-refractivity contribution >= 4 is 11.8 Å². The minimum Gasteiger partial charge on any atom is -0.496 e. The Morgan fingerprint density at radius 3 is 2.33 bits per heavy atom. The molecule has 1 saturated heterocycles. The number of ether oxygens (including phenoxy) is 2. The number of ketones is 1. The third-order valence-electron chi connectivity index (χ3n) is 5.77. The average molecular weight is 414 g/mol. The maximum atomic E-state index is 12.8. The quantitative estimate of drug-likeness (QED) is 0.556. The zero-order valence-electron chi connectivity index (χ0n) is 18.5. The molecule has 0 bridgehead atoms. The first kappa shape index (κ1) is 22.1. The summed E-state index contributed by atoms with van der Waals surface area (Å²) in [5.74, 6) is 0.497. The van der Waals surface area contributed by atoms with Gasteiger partial charge in [0.1, 0.15) is 5.75 Å². The number of nitrogens with zero attached hydrogens (tertiary/aromatic N) is 2. The van der Waals surface area contributed by atoms with E-state index in [1.54, 1.807) is 21.0 Å². The number of nitrogens with one attached hydrogen (secondary N) is 1. The average Bonchev–Trinajstić information content (AvgIpc) is 3.03. The van der Waals surface area contributed by atoms with Gasteiger partial charge in [0.15, 0.2) is 5.78 Å². The highest BCUT2D eigenvalue weighted by atomic mass is 16.5. The molecular formula is C23H31N3O4. The van der Waals surface area contributed by atoms with Crippen LogP contribution in [0.15, 0.2) is 18.2 Å². The molecule has 1 N–H and O–H groups in total. The maximum Gasteiger partial charge on any atom is 0.339 e. The fraction of sp³-hybridized carbons (Fsp3) is 0.478. The monoisotopic (exact) mass is 413 g/mol. The highest BCUT2D eigenvalue weighted by Gasteiger charge is 2.25. The Morgan fingerprint density at radius 1 is 1.03 bits per heavy atom. The van der Waals surface area contributed by atoms with E-state index in [0.717, 1.165) is 38.5 Å². The minimum atomic E-state index is -0.416. The molecule has 0 unspecified atom stereocenters. The second-order valence-corrected chi connectivity index (χ2v) is 7.91. The molecular weight excluding hydrogens is 382 g/mol. The molecule has 0 spiro atoms. The second kappa shape index (κ2) is 9.45. The molecule has 1 aromatic heterocycles. The van der Waals surface area contributed by atoms with Gasteiger partial charge in [-0.05, 0) is 32.4 Å². The van der Waals surface area contributed by atoms with Gasteiger partial charge in [0.2, 0.25) is 0 Å². The van der Waals surface area contributed by atoms with E-state index in [4.69, 9.17) is 9.47 Å². The Hall–Kier alpha value is -2.64. The van der Waals surface area contributed by atoms with Crippen molar-refractivity contribution in [3.8, 4) is 5.75 Å². The standard InChI is InChI=1S/C23H31N3O4/c1-15-6-7-20(29-4)18(12-15)13-25-8-10-26(11-9-25)14-19(27)22-16(2)21(17(3)24-22)23(28)30-5/h6-7,12,24H,8-11,13-14H2,1-5H3. The van der Waals surface area contributed by atoms with Crippen LogP contribution in [-0.2, 0) is 11.3 Å². The van der Waals surface area contributed by atoms with Crippen molar-refractivity contribution in [3.63, 3.8) is 0 Å². The van der Waals surface area contributed by atoms with Crippen LogP contribution in [0.3, 0.4) is 0 Å². The van der Waals surface area contributed by atoms with E-state index in [1.807, 2.05) is 6.07 Å². The Bertz CT molecular complexity index is 927. The number of Topliss-reactive ketones (excluding diaryl/α,β-unsaturated/α-hetero) is 1. The molecule has 0 saturated carbocycles. The van der Waals surface area contributed by atoms with Crippen LogP contribution in [0.1, 0.15) is 43.2 Å². The van der Waals surface area contributed by atoms with Crippen LogP contribution in [0.25, 0.3) is 0 Å². The van der Waals surface area contributed by atoms with Crippen molar-refractivity contribution in [2.24, 2.45) is 0 Å². The third-order valence-corrected chi connectivity index (χ3v) is 5.77. The SMILES string of the molecule is COC(=O)c1c(C)[nH]c(C(=O)CN2CCN(Cc3cc(C)ccc3OC)CC2)c1C. The molecule has 30 heavy (non-hydrogen) atoms. The lowest BCUT2D eigenvalue weighted by Crippen LogP contribution is -2.47. The molecule has 0 atom stereocenters. The number of esters is 1. The molecule has 0 aliphatic carbocycles. The van der Waals surface area contributed by atoms with Crippen molar-refractivity contribution in [1.82, 2.24) is 14.8 Å². The van der Waals surface area contributed by atoms with E-state index in [2.05, 4.69) is 33.8 Å². The highest BCUT2D eigenvalue weighted by molar-refractivity contribution is 6.02. The number of hydrogen-bond acceptors (Lipinski definition) is 6. The number of benzene rings is 1. The highest BCUT2D eigenvalue weighted by Crippen LogP contribution is 2.23. The van der Waals surface area contributed by atoms with Crippen LogP contribution in [0.2, 0.25) is 0 Å². The molecule has 3 rings (SSSR count). The fourth-order valence-electron chi connectivity index (χ4n) is 4.10. The van der Waals surface area contributed by atoms with Crippen LogP contribution in [-0.4, -0.2) is 73.5 Å². The Labute approximate surface area is 178 Å². The molecule has 0 amide bonds. The van der Waals surface area contributed by atoms with E-state index in [1.165, 1.54) is 18.2 Å². The lowest BCUT2D eigenvalue weighted by Gasteiger charge is -2.34. The van der Waals surface area contributed by atoms with Crippen molar-refractivity contribution in [2.45, 2.75) is 27.3 Å². The van der Waals surface area contributed by atoms with Gasteiger partial charge in [0, 0.05) is 44.0 Å². The summed E-state index contributed by atoms with van der Waals surface area (Å²) in [4.78, 5) is 32.4. The predicted molar refractivity (Wildman–Crippen MR) is 115 cm³/mol. The first-order valence-corrected chi connectivity index (χ1v) is 10.2. The normalized spacial score (nSPS) is 15.2. The van der Waals surface area contributed by atoms with E-state index < -0.39 is 5.97 Å². The maximum absolute atomic E-state index is 12.8. The fourth-order valence-corrected chi connectivity index (χ4v) is 4.10. The number of methoxy groups -OCH3 is 2. The van der Waals surface area contributed by atoms with Gasteiger partial charge in [-0.15, -0.1) is 0 Å². The van der Waals surface area contributed by atoms with Gasteiger partial charge in [-0.25, -0.2) is 4.79 Å². The van der Waals surface area contributed by atoms with Crippen molar-refractivity contribution in [1.29, 1.82) is 0 Å². The van der Waals surface area contributed by atoms with Gasteiger partial charge in [0.05, 0.1) is 32.0 Å². The van der Waals surface area contributed by atoms with Crippen molar-refractivity contribution < 1.29 is 19.1 Å². The number of carbonyl (C=O) groups is 2. The predicted octanol–water partition coefficient (Wildman–Crippen LogP) is 2.74. The number of H-pyrrole nitrogens is 1. The first-order chi connectivity index (χ1) is 14.3. The number of aryl methyl sites for hydroxylation is 2. The number of carbonyl (C=O) groups excluding carboxylic acids is 2. The molecule has 162 valence electrons. The van der Waals surface area contributed by atoms with Gasteiger partial charge in [-0.3, -0.25) is 14.6 Å². The van der Waals surface area contributed by atoms with E-state index >= 15 is 0 Å². The summed E-state index contributed by atoms with van der Waals surface area (Å²) in [6.45, 7) is 10.3. The summed E-state index contributed by atoms with van der Waals surface area (Å²) in [5.41, 5.74) is 4.69. The minimum absolute atomic E-state index is 0.000411. The summed E-state index contributed by atoms with van der Waals surface area (Å²) >= 11 is 0. The summed E-state index contributed by atoms with van der Waals surface area (Å²) in [6.07, 6.45) is 0. The van der Waals surface area contributed by atoms with Crippen LogP contribution in [0.4, 0.5) is 0 Å². The molecule has 2 heterocycles. The van der Waals surface area contributed by atoms with Gasteiger partial charge >= 0.3 is 5.97 Å². The van der Waals surface area contributed by atoms with Crippen LogP contribution < -0.4 is 4.74 Å². The van der Waals surface area contributed by atoms with Gasteiger partial charge in [0.25, 0.3) is 0 Å². The van der Waals surface area contributed by atoms with Crippen molar-refractivity contribution in [2.75, 3.05) is 46.9 Å². The Morgan fingerprint density at radius 2 is 1.70 bits per heavy atom. The molecule has 7 heteroatoms. The van der Waals surface area contributed by atoms with Crippen LogP contribution >= 0.6 is 0 Å². The van der Waals surface area contributed by atoms with E-state index in [-0.39, 0.29) is 5.78 Å². The zero-order valence-corrected chi connectivity index (χ0v) is 18.5. The van der Waals surface area contributed by atoms with Crippen LogP contribution in [0.5, 0.6) is 5.75 Å². The number of hydrogen-bond donors (Lipinski definition) is 1. The molecule has 7 nitrogen and oxygen atoms in total. The smallest absolute Gasteiger partial charge is 0.339 e. The second-order valence-electron chi connectivity index (χ2n) is 7.91. The lowest BCUT2D eigenvalue weighted by molar-refractivity contribution is 0.0599. The van der Waals surface area contributed by atoms with E-state index in [0.29, 0.717) is 29.1 Å². The van der Waals surface area contributed by atoms with Gasteiger partial charge < -0.3 is 14.5 Å². The molecule has 1 aliphatic heterocycles. The first-order valence-electron chi connectivity index (χ1n) is 10.2. The summed E-state index contributed by atoms with van der Waals surface area (Å²) in [6, 6.07) is 6.24. The zero-order chi connectivity index (χ0) is 21.8.